The van der Waals surface area contributed by atoms with Crippen LogP contribution < -0.4 is 20.7 Å². The van der Waals surface area contributed by atoms with Crippen molar-refractivity contribution in [3.05, 3.63) is 78.1 Å². The molecule has 0 saturated carbocycles. The zero-order valence-electron chi connectivity index (χ0n) is 23.0. The van der Waals surface area contributed by atoms with Gasteiger partial charge in [0.05, 0.1) is 40.6 Å². The summed E-state index contributed by atoms with van der Waals surface area (Å²) < 4.78 is 37.0. The Morgan fingerprint density at radius 3 is 2.69 bits per heavy atom. The highest BCUT2D eigenvalue weighted by molar-refractivity contribution is 7.22. The summed E-state index contributed by atoms with van der Waals surface area (Å²) in [7, 11) is 1.65. The first kappa shape index (κ1) is 29.1. The molecule has 0 unspecified atom stereocenters. The first-order chi connectivity index (χ1) is 20.5. The zero-order valence-corrected chi connectivity index (χ0v) is 23.8. The van der Waals surface area contributed by atoms with E-state index in [0.29, 0.717) is 43.4 Å². The Kier molecular flexibility index (Phi) is 9.66. The zero-order chi connectivity index (χ0) is 29.3. The lowest BCUT2D eigenvalue weighted by Crippen LogP contribution is -2.20. The summed E-state index contributed by atoms with van der Waals surface area (Å²) in [6.45, 7) is 4.89. The van der Waals surface area contributed by atoms with E-state index in [4.69, 9.17) is 18.7 Å². The summed E-state index contributed by atoms with van der Waals surface area (Å²) >= 11 is 1.46. The van der Waals surface area contributed by atoms with E-state index in [0.717, 1.165) is 27.4 Å². The van der Waals surface area contributed by atoms with E-state index in [9.17, 15) is 9.18 Å². The Labute approximate surface area is 245 Å². The number of hydrogen-bond donors (Lipinski definition) is 3. The van der Waals surface area contributed by atoms with Gasteiger partial charge in [0, 0.05) is 56.5 Å². The predicted molar refractivity (Wildman–Crippen MR) is 158 cm³/mol. The number of anilines is 2. The topological polar surface area (TPSA) is 133 Å². The third-order valence-corrected chi connectivity index (χ3v) is 7.08. The van der Waals surface area contributed by atoms with Crippen LogP contribution in [-0.4, -0.2) is 54.6 Å². The fourth-order valence-corrected chi connectivity index (χ4v) is 4.94. The third-order valence-electron chi connectivity index (χ3n) is 5.92. The number of urea groups is 1. The lowest BCUT2D eigenvalue weighted by Gasteiger charge is -2.10. The molecule has 2 amide bonds. The number of fused-ring (bicyclic) bond motifs is 1. The van der Waals surface area contributed by atoms with Crippen molar-refractivity contribution in [1.82, 2.24) is 20.4 Å². The molecule has 0 spiro atoms. The van der Waals surface area contributed by atoms with Gasteiger partial charge in [-0.05, 0) is 36.8 Å². The molecule has 0 aliphatic carbocycles. The number of halogens is 1. The van der Waals surface area contributed by atoms with Crippen LogP contribution in [0.15, 0.2) is 65.4 Å². The smallest absolute Gasteiger partial charge is 0.324 e. The number of carbonyl (C=O) groups is 1. The number of rotatable bonds is 13. The molecule has 0 fully saturated rings. The van der Waals surface area contributed by atoms with Crippen molar-refractivity contribution in [3.8, 4) is 22.1 Å². The van der Waals surface area contributed by atoms with Gasteiger partial charge in [-0.15, -0.1) is 11.3 Å². The third kappa shape index (κ3) is 7.64. The maximum absolute atomic E-state index is 14.9. The van der Waals surface area contributed by atoms with E-state index in [1.165, 1.54) is 23.5 Å². The van der Waals surface area contributed by atoms with Crippen molar-refractivity contribution in [3.63, 3.8) is 0 Å². The van der Waals surface area contributed by atoms with Crippen LogP contribution in [0.1, 0.15) is 11.3 Å². The molecule has 42 heavy (non-hydrogen) atoms. The highest BCUT2D eigenvalue weighted by Crippen LogP contribution is 2.39. The number of hydrogen-bond acceptors (Lipinski definition) is 10. The maximum atomic E-state index is 14.9. The van der Waals surface area contributed by atoms with Gasteiger partial charge in [0.1, 0.15) is 11.5 Å². The van der Waals surface area contributed by atoms with E-state index >= 15 is 0 Å². The highest BCUT2D eigenvalue weighted by atomic mass is 32.1. The molecule has 0 bridgehead atoms. The normalized spacial score (nSPS) is 11.1. The van der Waals surface area contributed by atoms with E-state index in [1.807, 2.05) is 24.4 Å². The van der Waals surface area contributed by atoms with Crippen LogP contribution in [0.2, 0.25) is 0 Å². The van der Waals surface area contributed by atoms with Gasteiger partial charge in [-0.25, -0.2) is 9.18 Å². The van der Waals surface area contributed by atoms with Crippen molar-refractivity contribution in [1.29, 1.82) is 0 Å². The molecule has 218 valence electrons. The van der Waals surface area contributed by atoms with E-state index in [1.54, 1.807) is 38.4 Å². The second-order valence-electron chi connectivity index (χ2n) is 9.12. The number of nitrogens with zero attached hydrogens (tertiary/aromatic N) is 3. The fraction of sp³-hybridized carbons (Fsp3) is 0.241. The first-order valence-electron chi connectivity index (χ1n) is 13.1. The molecule has 0 aliphatic heterocycles. The molecule has 5 rings (SSSR count). The Morgan fingerprint density at radius 2 is 1.93 bits per heavy atom. The van der Waals surface area contributed by atoms with Crippen molar-refractivity contribution in [2.24, 2.45) is 0 Å². The number of benzene rings is 1. The minimum absolute atomic E-state index is 0.00890. The number of amides is 2. The van der Waals surface area contributed by atoms with Crippen LogP contribution in [0.3, 0.4) is 0 Å². The number of ether oxygens (including phenoxy) is 3. The summed E-state index contributed by atoms with van der Waals surface area (Å²) in [5.41, 5.74) is 2.82. The molecule has 5 aromatic rings. The van der Waals surface area contributed by atoms with Gasteiger partial charge < -0.3 is 29.4 Å². The summed E-state index contributed by atoms with van der Waals surface area (Å²) in [5.74, 6) is 0.633. The molecule has 0 saturated heterocycles. The van der Waals surface area contributed by atoms with Gasteiger partial charge in [0.2, 0.25) is 0 Å². The van der Waals surface area contributed by atoms with Crippen molar-refractivity contribution >= 4 is 39.1 Å². The van der Waals surface area contributed by atoms with E-state index in [2.05, 4.69) is 31.1 Å². The minimum Gasteiger partial charge on any atom is -0.453 e. The lowest BCUT2D eigenvalue weighted by molar-refractivity contribution is 0.0719. The molecular formula is C29H29FN6O5S. The van der Waals surface area contributed by atoms with E-state index in [-0.39, 0.29) is 17.3 Å². The molecule has 11 nitrogen and oxygen atoms in total. The number of carbonyl (C=O) groups excluding carboxylic acids is 1. The standard InChI is InChI=1S/C29H29FN6O5S/c1-18-13-27(36-41-18)35-29(37)34-20-4-6-24(21(30)14-20)40-25-7-8-32-23-15-26(42-28(23)25)22-5-3-19(17-33-22)16-31-9-10-39-12-11-38-2/h3-8,13-15,17,31H,9-12,16H2,1-2H3,(H2,34,35,36,37). The second-order valence-corrected chi connectivity index (χ2v) is 10.2. The lowest BCUT2D eigenvalue weighted by atomic mass is 10.2. The number of aryl methyl sites for hydroxylation is 1. The van der Waals surface area contributed by atoms with Crippen LogP contribution in [0.25, 0.3) is 20.8 Å². The molecular weight excluding hydrogens is 563 g/mol. The quantitative estimate of drug-likeness (QED) is 0.141. The highest BCUT2D eigenvalue weighted by Gasteiger charge is 2.15. The number of thiophene rings is 1. The number of nitrogens with one attached hydrogen (secondary N) is 3. The molecule has 0 atom stereocenters. The Hall–Kier alpha value is -4.43. The first-order valence-corrected chi connectivity index (χ1v) is 13.9. The summed E-state index contributed by atoms with van der Waals surface area (Å²) in [6, 6.07) is 12.7. The van der Waals surface area contributed by atoms with Gasteiger partial charge in [-0.2, -0.15) is 0 Å². The summed E-state index contributed by atoms with van der Waals surface area (Å²) in [6.07, 6.45) is 3.44. The van der Waals surface area contributed by atoms with Crippen LogP contribution in [0.5, 0.6) is 11.5 Å². The van der Waals surface area contributed by atoms with Crippen LogP contribution in [-0.2, 0) is 16.0 Å². The molecule has 3 N–H and O–H groups in total. The monoisotopic (exact) mass is 592 g/mol. The van der Waals surface area contributed by atoms with Gasteiger partial charge in [-0.1, -0.05) is 11.2 Å². The van der Waals surface area contributed by atoms with Gasteiger partial charge in [0.15, 0.2) is 17.4 Å². The van der Waals surface area contributed by atoms with Gasteiger partial charge in [0.25, 0.3) is 0 Å². The number of pyridine rings is 2. The number of methoxy groups -OCH3 is 1. The summed E-state index contributed by atoms with van der Waals surface area (Å²) in [5, 5.41) is 12.1. The molecule has 4 heterocycles. The van der Waals surface area contributed by atoms with Crippen molar-refractivity contribution < 1.29 is 27.9 Å². The molecule has 4 aromatic heterocycles. The predicted octanol–water partition coefficient (Wildman–Crippen LogP) is 5.98. The van der Waals surface area contributed by atoms with Crippen LogP contribution >= 0.6 is 11.3 Å². The largest absolute Gasteiger partial charge is 0.453 e. The molecule has 1 aromatic carbocycles. The van der Waals surface area contributed by atoms with Gasteiger partial charge >= 0.3 is 6.03 Å². The molecule has 0 aliphatic rings. The van der Waals surface area contributed by atoms with Crippen LogP contribution in [0.4, 0.5) is 20.7 Å². The average Bonchev–Trinajstić information content (AvgIpc) is 3.60. The fourth-order valence-electron chi connectivity index (χ4n) is 3.90. The Balaban J connectivity index is 1.21. The Bertz CT molecular complexity index is 1640. The van der Waals surface area contributed by atoms with Gasteiger partial charge in [-0.3, -0.25) is 15.3 Å². The second kappa shape index (κ2) is 14.0. The minimum atomic E-state index is -0.640. The number of aromatic nitrogens is 3. The maximum Gasteiger partial charge on any atom is 0.324 e. The summed E-state index contributed by atoms with van der Waals surface area (Å²) in [4.78, 5) is 22.2. The SMILES string of the molecule is COCCOCCNCc1ccc(-c2cc3nccc(Oc4ccc(NC(=O)Nc5cc(C)on5)cc4F)c3s2)nc1. The average molecular weight is 593 g/mol. The Morgan fingerprint density at radius 1 is 1.02 bits per heavy atom. The van der Waals surface area contributed by atoms with Crippen LogP contribution in [0, 0.1) is 12.7 Å². The molecule has 13 heteroatoms. The molecule has 0 radical (unpaired) electrons. The van der Waals surface area contributed by atoms with E-state index < -0.39 is 11.8 Å². The van der Waals surface area contributed by atoms with Crippen molar-refractivity contribution in [2.75, 3.05) is 44.1 Å². The van der Waals surface area contributed by atoms with Crippen molar-refractivity contribution in [2.45, 2.75) is 13.5 Å².